The van der Waals surface area contributed by atoms with E-state index in [4.69, 9.17) is 4.74 Å². The molecule has 0 aliphatic carbocycles. The van der Waals surface area contributed by atoms with Crippen LogP contribution in [0, 0.1) is 0 Å². The van der Waals surface area contributed by atoms with Crippen molar-refractivity contribution in [3.05, 3.63) is 59.9 Å². The van der Waals surface area contributed by atoms with Crippen molar-refractivity contribution < 1.29 is 9.84 Å². The maximum absolute atomic E-state index is 11.0. The molecule has 148 valence electrons. The zero-order chi connectivity index (χ0) is 20.3. The lowest BCUT2D eigenvalue weighted by molar-refractivity contribution is 0.204. The van der Waals surface area contributed by atoms with E-state index in [1.54, 1.807) is 0 Å². The molecule has 0 aliphatic heterocycles. The van der Waals surface area contributed by atoms with Crippen LogP contribution in [0.25, 0.3) is 16.7 Å². The van der Waals surface area contributed by atoms with Gasteiger partial charge < -0.3 is 9.84 Å². The lowest BCUT2D eigenvalue weighted by atomic mass is 9.84. The fourth-order valence-electron chi connectivity index (χ4n) is 3.12. The average Bonchev–Trinajstić information content (AvgIpc) is 3.08. The number of ether oxygens (including phenoxy) is 1. The maximum atomic E-state index is 11.0. The van der Waals surface area contributed by atoms with Crippen LogP contribution in [-0.2, 0) is 16.6 Å². The van der Waals surface area contributed by atoms with Gasteiger partial charge in [0.1, 0.15) is 22.5 Å². The van der Waals surface area contributed by atoms with Gasteiger partial charge >= 0.3 is 0 Å². The van der Waals surface area contributed by atoms with Crippen LogP contribution in [0.15, 0.2) is 48.7 Å². The van der Waals surface area contributed by atoms with Gasteiger partial charge in [-0.05, 0) is 42.0 Å². The van der Waals surface area contributed by atoms with Crippen molar-refractivity contribution in [1.29, 1.82) is 0 Å². The molecule has 3 aromatic rings. The van der Waals surface area contributed by atoms with E-state index in [0.29, 0.717) is 12.3 Å². The van der Waals surface area contributed by atoms with Gasteiger partial charge in [-0.2, -0.15) is 0 Å². The summed E-state index contributed by atoms with van der Waals surface area (Å²) in [6.07, 6.45) is 2.48. The number of aryl methyl sites for hydroxylation is 1. The minimum absolute atomic E-state index is 0.211. The first kappa shape index (κ1) is 19.9. The fourth-order valence-corrected chi connectivity index (χ4v) is 3.12. The highest BCUT2D eigenvalue weighted by Gasteiger charge is 2.23. The molecule has 0 atom stereocenters. The van der Waals surface area contributed by atoms with Gasteiger partial charge in [0.2, 0.25) is 0 Å². The molecule has 2 aromatic carbocycles. The Bertz CT molecular complexity index is 950. The van der Waals surface area contributed by atoms with Gasteiger partial charge in [0, 0.05) is 12.0 Å². The smallest absolute Gasteiger partial charge is 0.146 e. The first-order valence-electron chi connectivity index (χ1n) is 9.79. The van der Waals surface area contributed by atoms with Crippen LogP contribution in [0.3, 0.4) is 0 Å². The predicted molar refractivity (Wildman–Crippen MR) is 113 cm³/mol. The van der Waals surface area contributed by atoms with Gasteiger partial charge in [-0.1, -0.05) is 52.5 Å². The van der Waals surface area contributed by atoms with Crippen LogP contribution >= 0.6 is 0 Å². The summed E-state index contributed by atoms with van der Waals surface area (Å²) in [5, 5.41) is 20.1. The van der Waals surface area contributed by atoms with E-state index < -0.39 is 0 Å². The number of allylic oxidation sites excluding steroid dienone is 1. The van der Waals surface area contributed by atoms with E-state index in [1.165, 1.54) is 4.80 Å². The highest BCUT2D eigenvalue weighted by Crippen LogP contribution is 2.36. The molecule has 0 saturated heterocycles. The molecule has 0 amide bonds. The summed E-state index contributed by atoms with van der Waals surface area (Å²) in [5.74, 6) is 1.01. The zero-order valence-electron chi connectivity index (χ0n) is 17.2. The fraction of sp³-hybridized carbons (Fsp3) is 0.391. The topological polar surface area (TPSA) is 60.2 Å². The minimum Gasteiger partial charge on any atom is -0.505 e. The second kappa shape index (κ2) is 8.05. The number of aromatic nitrogens is 3. The number of rotatable bonds is 7. The number of nitrogens with zero attached hydrogens (tertiary/aromatic N) is 3. The summed E-state index contributed by atoms with van der Waals surface area (Å²) in [5.41, 5.74) is 3.95. The largest absolute Gasteiger partial charge is 0.505 e. The number of hydrogen-bond donors (Lipinski definition) is 1. The summed E-state index contributed by atoms with van der Waals surface area (Å²) in [4.78, 5) is 1.53. The number of hydrogen-bond acceptors (Lipinski definition) is 4. The second-order valence-electron chi connectivity index (χ2n) is 8.13. The molecule has 1 aromatic heterocycles. The molecule has 1 N–H and O–H groups in total. The lowest BCUT2D eigenvalue weighted by Gasteiger charge is -2.23. The third-order valence-electron chi connectivity index (χ3n) is 4.66. The molecule has 0 radical (unpaired) electrons. The molecule has 0 aliphatic rings. The van der Waals surface area contributed by atoms with E-state index in [0.717, 1.165) is 47.2 Å². The number of fused-ring (bicyclic) bond motifs is 1. The predicted octanol–water partition coefficient (Wildman–Crippen LogP) is 5.30. The van der Waals surface area contributed by atoms with Crippen LogP contribution < -0.4 is 0 Å². The van der Waals surface area contributed by atoms with Crippen molar-refractivity contribution in [3.8, 4) is 11.4 Å². The molecular formula is C23H29N3O2. The highest BCUT2D eigenvalue weighted by atomic mass is 16.5. The van der Waals surface area contributed by atoms with Crippen LogP contribution in [0.1, 0.15) is 51.7 Å². The number of aromatic hydroxyl groups is 1. The van der Waals surface area contributed by atoms with Gasteiger partial charge in [-0.15, -0.1) is 15.0 Å². The van der Waals surface area contributed by atoms with Gasteiger partial charge in [0.05, 0.1) is 12.4 Å². The first-order chi connectivity index (χ1) is 13.3. The Morgan fingerprint density at radius 2 is 1.79 bits per heavy atom. The summed E-state index contributed by atoms with van der Waals surface area (Å²) >= 11 is 0. The second-order valence-corrected chi connectivity index (χ2v) is 8.13. The van der Waals surface area contributed by atoms with E-state index in [1.807, 2.05) is 30.3 Å². The molecule has 0 unspecified atom stereocenters. The zero-order valence-corrected chi connectivity index (χ0v) is 17.2. The Labute approximate surface area is 166 Å². The quantitative estimate of drug-likeness (QED) is 0.566. The van der Waals surface area contributed by atoms with E-state index in [2.05, 4.69) is 50.5 Å². The molecule has 3 rings (SSSR count). The normalized spacial score (nSPS) is 11.7. The molecule has 0 fully saturated rings. The van der Waals surface area contributed by atoms with E-state index in [9.17, 15) is 5.11 Å². The Morgan fingerprint density at radius 1 is 1.14 bits per heavy atom. The standard InChI is InChI=1S/C23H29N3O2/c1-6-13-28-16(2)11-12-17-14-18(23(3,4)5)22(27)21(15-17)26-24-19-9-7-8-10-20(19)25-26/h7-10,14-15,27H,2,6,11-13H2,1,3-5H3. The van der Waals surface area contributed by atoms with Crippen molar-refractivity contribution in [1.82, 2.24) is 15.0 Å². The molecule has 5 heteroatoms. The van der Waals surface area contributed by atoms with Crippen LogP contribution in [0.5, 0.6) is 5.75 Å². The van der Waals surface area contributed by atoms with Crippen molar-refractivity contribution >= 4 is 11.0 Å². The minimum atomic E-state index is -0.211. The number of benzene rings is 2. The summed E-state index contributed by atoms with van der Waals surface area (Å²) in [6, 6.07) is 11.7. The van der Waals surface area contributed by atoms with E-state index >= 15 is 0 Å². The molecule has 0 saturated carbocycles. The van der Waals surface area contributed by atoms with Gasteiger partial charge in [-0.25, -0.2) is 0 Å². The SMILES string of the molecule is C=C(CCc1cc(-n2nc3ccccc3n2)c(O)c(C(C)(C)C)c1)OCCC. The Balaban J connectivity index is 1.99. The van der Waals surface area contributed by atoms with Gasteiger partial charge in [-0.3, -0.25) is 0 Å². The molecule has 1 heterocycles. The molecular weight excluding hydrogens is 350 g/mol. The molecule has 0 bridgehead atoms. The molecule has 5 nitrogen and oxygen atoms in total. The van der Waals surface area contributed by atoms with Crippen LogP contribution in [0.4, 0.5) is 0 Å². The first-order valence-corrected chi connectivity index (χ1v) is 9.79. The Kier molecular flexibility index (Phi) is 5.73. The van der Waals surface area contributed by atoms with Crippen molar-refractivity contribution in [2.45, 2.75) is 52.4 Å². The third kappa shape index (κ3) is 4.35. The van der Waals surface area contributed by atoms with Gasteiger partial charge in [0.15, 0.2) is 0 Å². The van der Waals surface area contributed by atoms with Gasteiger partial charge in [0.25, 0.3) is 0 Å². The summed E-state index contributed by atoms with van der Waals surface area (Å²) in [7, 11) is 0. The summed E-state index contributed by atoms with van der Waals surface area (Å²) < 4.78 is 5.62. The maximum Gasteiger partial charge on any atom is 0.146 e. The number of phenols is 1. The monoisotopic (exact) mass is 379 g/mol. The number of phenolic OH excluding ortho intramolecular Hbond substituents is 1. The van der Waals surface area contributed by atoms with Crippen molar-refractivity contribution in [2.75, 3.05) is 6.61 Å². The van der Waals surface area contributed by atoms with Crippen molar-refractivity contribution in [2.24, 2.45) is 0 Å². The van der Waals surface area contributed by atoms with E-state index in [-0.39, 0.29) is 11.2 Å². The highest BCUT2D eigenvalue weighted by molar-refractivity contribution is 5.73. The lowest BCUT2D eigenvalue weighted by Crippen LogP contribution is -2.14. The van der Waals surface area contributed by atoms with Crippen molar-refractivity contribution in [3.63, 3.8) is 0 Å². The Hall–Kier alpha value is -2.82. The van der Waals surface area contributed by atoms with Crippen LogP contribution in [-0.4, -0.2) is 26.7 Å². The Morgan fingerprint density at radius 3 is 2.36 bits per heavy atom. The average molecular weight is 380 g/mol. The molecule has 0 spiro atoms. The molecule has 28 heavy (non-hydrogen) atoms. The third-order valence-corrected chi connectivity index (χ3v) is 4.66. The van der Waals surface area contributed by atoms with Crippen LogP contribution in [0.2, 0.25) is 0 Å². The summed E-state index contributed by atoms with van der Waals surface area (Å²) in [6.45, 7) is 13.0.